The maximum absolute atomic E-state index is 12.1. The summed E-state index contributed by atoms with van der Waals surface area (Å²) in [5, 5.41) is 9.57. The van der Waals surface area contributed by atoms with Gasteiger partial charge in [0.25, 0.3) is 0 Å². The van der Waals surface area contributed by atoms with Crippen molar-refractivity contribution in [3.05, 3.63) is 59.7 Å². The number of ether oxygens (including phenoxy) is 1. The van der Waals surface area contributed by atoms with Crippen LogP contribution in [0.5, 0.6) is 5.75 Å². The normalized spacial score (nSPS) is 11.8. The van der Waals surface area contributed by atoms with Gasteiger partial charge in [-0.05, 0) is 48.7 Å². The molecule has 0 aliphatic rings. The summed E-state index contributed by atoms with van der Waals surface area (Å²) in [5.74, 6) is 1.62. The molecule has 2 aromatic rings. The first-order chi connectivity index (χ1) is 14.0. The summed E-state index contributed by atoms with van der Waals surface area (Å²) in [5.41, 5.74) is 2.95. The largest absolute Gasteiger partial charge is 0.497 e. The highest BCUT2D eigenvalue weighted by molar-refractivity contribution is 14.0. The van der Waals surface area contributed by atoms with Crippen LogP contribution in [0, 0.1) is 5.92 Å². The van der Waals surface area contributed by atoms with Crippen molar-refractivity contribution in [1.29, 1.82) is 0 Å². The molecule has 0 aliphatic heterocycles. The minimum atomic E-state index is -0.00200. The smallest absolute Gasteiger partial charge is 0.227 e. The molecule has 0 bridgehead atoms. The molecule has 2 rings (SSSR count). The Morgan fingerprint density at radius 3 is 2.50 bits per heavy atom. The Morgan fingerprint density at radius 2 is 1.80 bits per heavy atom. The Bertz CT molecular complexity index is 826. The van der Waals surface area contributed by atoms with Gasteiger partial charge in [0.1, 0.15) is 5.75 Å². The highest BCUT2D eigenvalue weighted by atomic mass is 127. The molecule has 1 amide bonds. The highest BCUT2D eigenvalue weighted by Crippen LogP contribution is 2.14. The van der Waals surface area contributed by atoms with Gasteiger partial charge in [-0.2, -0.15) is 0 Å². The zero-order valence-electron chi connectivity index (χ0n) is 18.2. The van der Waals surface area contributed by atoms with Gasteiger partial charge in [-0.25, -0.2) is 4.99 Å². The van der Waals surface area contributed by atoms with Crippen LogP contribution in [0.15, 0.2) is 53.5 Å². The standard InChI is InChI=1S/C23H32N4O2.HI/c1-5-17(3)22(28)27-20-11-7-9-18(13-20)15-25-23(24-6-2)26-16-19-10-8-12-21(14-19)29-4;/h7-14,17H,5-6,15-16H2,1-4H3,(H,27,28)(H2,24,25,26);1H. The van der Waals surface area contributed by atoms with Crippen LogP contribution in [0.25, 0.3) is 0 Å². The molecule has 0 aromatic heterocycles. The summed E-state index contributed by atoms with van der Waals surface area (Å²) in [7, 11) is 1.66. The van der Waals surface area contributed by atoms with Crippen LogP contribution in [0.1, 0.15) is 38.3 Å². The summed E-state index contributed by atoms with van der Waals surface area (Å²) >= 11 is 0. The number of carbonyl (C=O) groups excluding carboxylic acids is 1. The van der Waals surface area contributed by atoms with E-state index in [1.807, 2.05) is 69.3 Å². The monoisotopic (exact) mass is 524 g/mol. The van der Waals surface area contributed by atoms with E-state index in [0.717, 1.165) is 41.5 Å². The summed E-state index contributed by atoms with van der Waals surface area (Å²) in [4.78, 5) is 16.8. The number of nitrogens with zero attached hydrogens (tertiary/aromatic N) is 1. The van der Waals surface area contributed by atoms with Gasteiger partial charge in [0.2, 0.25) is 5.91 Å². The van der Waals surface area contributed by atoms with Crippen LogP contribution in [-0.2, 0) is 17.9 Å². The van der Waals surface area contributed by atoms with Gasteiger partial charge in [-0.3, -0.25) is 4.79 Å². The molecule has 164 valence electrons. The average Bonchev–Trinajstić information content (AvgIpc) is 2.75. The predicted molar refractivity (Wildman–Crippen MR) is 135 cm³/mol. The quantitative estimate of drug-likeness (QED) is 0.256. The van der Waals surface area contributed by atoms with Gasteiger partial charge in [0, 0.05) is 24.7 Å². The van der Waals surface area contributed by atoms with E-state index in [2.05, 4.69) is 20.9 Å². The first-order valence-electron chi connectivity index (χ1n) is 10.1. The number of aliphatic imine (C=N–C) groups is 1. The van der Waals surface area contributed by atoms with Crippen molar-refractivity contribution in [3.63, 3.8) is 0 Å². The number of hydrogen-bond donors (Lipinski definition) is 3. The minimum absolute atomic E-state index is 0. The topological polar surface area (TPSA) is 74.8 Å². The van der Waals surface area contributed by atoms with Crippen molar-refractivity contribution < 1.29 is 9.53 Å². The zero-order valence-corrected chi connectivity index (χ0v) is 20.5. The fourth-order valence-corrected chi connectivity index (χ4v) is 2.68. The van der Waals surface area contributed by atoms with E-state index in [4.69, 9.17) is 4.74 Å². The number of rotatable bonds is 9. The third kappa shape index (κ3) is 8.61. The Hall–Kier alpha value is -2.29. The number of carbonyl (C=O) groups is 1. The lowest BCUT2D eigenvalue weighted by atomic mass is 10.1. The molecule has 6 nitrogen and oxygen atoms in total. The van der Waals surface area contributed by atoms with E-state index in [0.29, 0.717) is 13.1 Å². The Balaban J connectivity index is 0.00000450. The Labute approximate surface area is 196 Å². The molecule has 2 aromatic carbocycles. The third-order valence-electron chi connectivity index (χ3n) is 4.61. The molecule has 1 unspecified atom stereocenters. The molecule has 0 saturated carbocycles. The molecular formula is C23H33IN4O2. The molecule has 0 radical (unpaired) electrons. The molecule has 0 aliphatic carbocycles. The van der Waals surface area contributed by atoms with Crippen LogP contribution < -0.4 is 20.7 Å². The zero-order chi connectivity index (χ0) is 21.1. The van der Waals surface area contributed by atoms with Gasteiger partial charge in [0.15, 0.2) is 5.96 Å². The fraction of sp³-hybridized carbons (Fsp3) is 0.391. The second kappa shape index (κ2) is 13.8. The van der Waals surface area contributed by atoms with Crippen LogP contribution in [0.4, 0.5) is 5.69 Å². The molecule has 30 heavy (non-hydrogen) atoms. The van der Waals surface area contributed by atoms with Crippen molar-refractivity contribution in [2.24, 2.45) is 10.9 Å². The van der Waals surface area contributed by atoms with Gasteiger partial charge < -0.3 is 20.7 Å². The fourth-order valence-electron chi connectivity index (χ4n) is 2.68. The minimum Gasteiger partial charge on any atom is -0.497 e. The Kier molecular flexibility index (Phi) is 11.9. The Morgan fingerprint density at radius 1 is 1.07 bits per heavy atom. The number of nitrogens with one attached hydrogen (secondary N) is 3. The van der Waals surface area contributed by atoms with E-state index in [1.54, 1.807) is 7.11 Å². The predicted octanol–water partition coefficient (Wildman–Crippen LogP) is 4.55. The van der Waals surface area contributed by atoms with Crippen molar-refractivity contribution in [2.45, 2.75) is 40.3 Å². The lowest BCUT2D eigenvalue weighted by Crippen LogP contribution is -2.36. The van der Waals surface area contributed by atoms with Crippen LogP contribution >= 0.6 is 24.0 Å². The maximum Gasteiger partial charge on any atom is 0.227 e. The molecule has 0 fully saturated rings. The number of methoxy groups -OCH3 is 1. The lowest BCUT2D eigenvalue weighted by molar-refractivity contribution is -0.119. The number of benzene rings is 2. The molecule has 0 spiro atoms. The van der Waals surface area contributed by atoms with Crippen molar-refractivity contribution in [1.82, 2.24) is 10.6 Å². The maximum atomic E-state index is 12.1. The van der Waals surface area contributed by atoms with E-state index in [-0.39, 0.29) is 35.8 Å². The number of hydrogen-bond acceptors (Lipinski definition) is 3. The van der Waals surface area contributed by atoms with Crippen molar-refractivity contribution in [2.75, 3.05) is 19.0 Å². The first-order valence-corrected chi connectivity index (χ1v) is 10.1. The van der Waals surface area contributed by atoms with Gasteiger partial charge in [0.05, 0.1) is 13.7 Å². The van der Waals surface area contributed by atoms with Crippen LogP contribution in [0.3, 0.4) is 0 Å². The highest BCUT2D eigenvalue weighted by Gasteiger charge is 2.10. The number of amides is 1. The second-order valence-electron chi connectivity index (χ2n) is 6.90. The van der Waals surface area contributed by atoms with Crippen molar-refractivity contribution in [3.8, 4) is 5.75 Å². The summed E-state index contributed by atoms with van der Waals surface area (Å²) < 4.78 is 5.27. The summed E-state index contributed by atoms with van der Waals surface area (Å²) in [6.45, 7) is 7.91. The molecule has 3 N–H and O–H groups in total. The van der Waals surface area contributed by atoms with E-state index in [9.17, 15) is 4.79 Å². The van der Waals surface area contributed by atoms with Crippen molar-refractivity contribution >= 4 is 41.5 Å². The van der Waals surface area contributed by atoms with Gasteiger partial charge in [-0.1, -0.05) is 38.1 Å². The molecule has 0 heterocycles. The average molecular weight is 524 g/mol. The SMILES string of the molecule is CCNC(=NCc1cccc(NC(=O)C(C)CC)c1)NCc1cccc(OC)c1.I. The molecule has 7 heteroatoms. The number of anilines is 1. The van der Waals surface area contributed by atoms with Crippen LogP contribution in [-0.4, -0.2) is 25.5 Å². The first kappa shape index (κ1) is 25.7. The second-order valence-corrected chi connectivity index (χ2v) is 6.90. The summed E-state index contributed by atoms with van der Waals surface area (Å²) in [6, 6.07) is 15.8. The lowest BCUT2D eigenvalue weighted by Gasteiger charge is -2.13. The van der Waals surface area contributed by atoms with Crippen LogP contribution in [0.2, 0.25) is 0 Å². The molecule has 0 saturated heterocycles. The number of guanidine groups is 1. The summed E-state index contributed by atoms with van der Waals surface area (Å²) in [6.07, 6.45) is 0.820. The van der Waals surface area contributed by atoms with E-state index in [1.165, 1.54) is 0 Å². The number of halogens is 1. The van der Waals surface area contributed by atoms with Gasteiger partial charge in [-0.15, -0.1) is 24.0 Å². The third-order valence-corrected chi connectivity index (χ3v) is 4.61. The van der Waals surface area contributed by atoms with E-state index >= 15 is 0 Å². The van der Waals surface area contributed by atoms with E-state index < -0.39 is 0 Å². The molecular weight excluding hydrogens is 491 g/mol. The molecule has 1 atom stereocenters. The van der Waals surface area contributed by atoms with Gasteiger partial charge >= 0.3 is 0 Å².